The van der Waals surface area contributed by atoms with Crippen molar-refractivity contribution in [2.45, 2.75) is 32.3 Å². The van der Waals surface area contributed by atoms with Gasteiger partial charge in [-0.2, -0.15) is 0 Å². The molecule has 1 saturated heterocycles. The van der Waals surface area contributed by atoms with Crippen molar-refractivity contribution in [2.75, 3.05) is 19.6 Å². The van der Waals surface area contributed by atoms with E-state index in [2.05, 4.69) is 5.32 Å². The third kappa shape index (κ3) is 4.22. The SMILES string of the molecule is CC(CCNC(=O)N1CCC(C)(O)C1)C(=O)O. The van der Waals surface area contributed by atoms with Crippen LogP contribution in [0, 0.1) is 5.92 Å². The van der Waals surface area contributed by atoms with E-state index in [9.17, 15) is 14.7 Å². The first-order valence-corrected chi connectivity index (χ1v) is 5.80. The number of rotatable bonds is 4. The van der Waals surface area contributed by atoms with Gasteiger partial charge in [-0.3, -0.25) is 4.79 Å². The van der Waals surface area contributed by atoms with Gasteiger partial charge in [0.2, 0.25) is 0 Å². The summed E-state index contributed by atoms with van der Waals surface area (Å²) in [6.07, 6.45) is 0.983. The minimum Gasteiger partial charge on any atom is -0.481 e. The highest BCUT2D eigenvalue weighted by atomic mass is 16.4. The van der Waals surface area contributed by atoms with Crippen LogP contribution in [0.5, 0.6) is 0 Å². The van der Waals surface area contributed by atoms with E-state index < -0.39 is 17.5 Å². The molecule has 98 valence electrons. The Balaban J connectivity index is 2.25. The van der Waals surface area contributed by atoms with E-state index in [0.717, 1.165) is 0 Å². The van der Waals surface area contributed by atoms with Crippen LogP contribution in [0.3, 0.4) is 0 Å². The van der Waals surface area contributed by atoms with Crippen molar-refractivity contribution in [3.63, 3.8) is 0 Å². The van der Waals surface area contributed by atoms with Gasteiger partial charge in [0.05, 0.1) is 18.1 Å². The first kappa shape index (κ1) is 13.8. The fraction of sp³-hybridized carbons (Fsp3) is 0.818. The summed E-state index contributed by atoms with van der Waals surface area (Å²) in [5.41, 5.74) is -0.800. The fourth-order valence-corrected chi connectivity index (χ4v) is 1.75. The van der Waals surface area contributed by atoms with Crippen LogP contribution in [0.1, 0.15) is 26.7 Å². The molecule has 0 bridgehead atoms. The summed E-state index contributed by atoms with van der Waals surface area (Å²) in [4.78, 5) is 23.7. The van der Waals surface area contributed by atoms with E-state index in [-0.39, 0.29) is 6.03 Å². The van der Waals surface area contributed by atoms with E-state index in [0.29, 0.717) is 32.5 Å². The molecule has 0 spiro atoms. The van der Waals surface area contributed by atoms with Crippen LogP contribution >= 0.6 is 0 Å². The average molecular weight is 244 g/mol. The number of hydrogen-bond acceptors (Lipinski definition) is 3. The maximum atomic E-state index is 11.6. The number of carbonyl (C=O) groups is 2. The van der Waals surface area contributed by atoms with Crippen LogP contribution in [0.15, 0.2) is 0 Å². The summed E-state index contributed by atoms with van der Waals surface area (Å²) < 4.78 is 0. The Bertz CT molecular complexity index is 304. The van der Waals surface area contributed by atoms with Crippen molar-refractivity contribution < 1.29 is 19.8 Å². The number of nitrogens with zero attached hydrogens (tertiary/aromatic N) is 1. The Hall–Kier alpha value is -1.30. The summed E-state index contributed by atoms with van der Waals surface area (Å²) in [5.74, 6) is -1.32. The van der Waals surface area contributed by atoms with Crippen molar-refractivity contribution in [2.24, 2.45) is 5.92 Å². The number of β-amino-alcohol motifs (C(OH)–C–C–N with tert-alkyl or cyclic N) is 1. The highest BCUT2D eigenvalue weighted by Gasteiger charge is 2.33. The summed E-state index contributed by atoms with van der Waals surface area (Å²) >= 11 is 0. The van der Waals surface area contributed by atoms with Gasteiger partial charge in [-0.1, -0.05) is 6.92 Å². The molecule has 0 aromatic rings. The minimum absolute atomic E-state index is 0.236. The fourth-order valence-electron chi connectivity index (χ4n) is 1.75. The normalized spacial score (nSPS) is 25.7. The first-order chi connectivity index (χ1) is 7.82. The molecule has 0 aromatic carbocycles. The van der Waals surface area contributed by atoms with Gasteiger partial charge in [-0.15, -0.1) is 0 Å². The van der Waals surface area contributed by atoms with E-state index in [1.807, 2.05) is 0 Å². The smallest absolute Gasteiger partial charge is 0.317 e. The number of aliphatic hydroxyl groups is 1. The van der Waals surface area contributed by atoms with Gasteiger partial charge in [0.15, 0.2) is 0 Å². The monoisotopic (exact) mass is 244 g/mol. The highest BCUT2D eigenvalue weighted by molar-refractivity contribution is 5.74. The zero-order valence-electron chi connectivity index (χ0n) is 10.3. The number of hydrogen-bond donors (Lipinski definition) is 3. The van der Waals surface area contributed by atoms with Gasteiger partial charge in [0, 0.05) is 13.1 Å². The third-order valence-corrected chi connectivity index (χ3v) is 3.01. The highest BCUT2D eigenvalue weighted by Crippen LogP contribution is 2.19. The number of aliphatic carboxylic acids is 1. The molecule has 1 rings (SSSR count). The van der Waals surface area contributed by atoms with Crippen molar-refractivity contribution in [1.29, 1.82) is 0 Å². The molecule has 0 saturated carbocycles. The van der Waals surface area contributed by atoms with Crippen molar-refractivity contribution in [3.8, 4) is 0 Å². The summed E-state index contributed by atoms with van der Waals surface area (Å²) in [6.45, 7) is 4.51. The van der Waals surface area contributed by atoms with Crippen LogP contribution in [-0.2, 0) is 4.79 Å². The van der Waals surface area contributed by atoms with Crippen molar-refractivity contribution in [3.05, 3.63) is 0 Å². The molecule has 0 aromatic heterocycles. The predicted molar refractivity (Wildman–Crippen MR) is 61.6 cm³/mol. The molecule has 6 heteroatoms. The van der Waals surface area contributed by atoms with Gasteiger partial charge in [-0.25, -0.2) is 4.79 Å². The molecule has 1 heterocycles. The molecular formula is C11H20N2O4. The Morgan fingerprint density at radius 1 is 1.53 bits per heavy atom. The zero-order chi connectivity index (χ0) is 13.1. The zero-order valence-corrected chi connectivity index (χ0v) is 10.3. The molecule has 6 nitrogen and oxygen atoms in total. The lowest BCUT2D eigenvalue weighted by Crippen LogP contribution is -2.41. The van der Waals surface area contributed by atoms with Crippen molar-refractivity contribution >= 4 is 12.0 Å². The Morgan fingerprint density at radius 3 is 2.65 bits per heavy atom. The maximum absolute atomic E-state index is 11.6. The standard InChI is InChI=1S/C11H20N2O4/c1-8(9(14)15)3-5-12-10(16)13-6-4-11(2,17)7-13/h8,17H,3-7H2,1-2H3,(H,12,16)(H,14,15). The molecule has 2 atom stereocenters. The Kier molecular flexibility index (Phi) is 4.34. The number of nitrogens with one attached hydrogen (secondary N) is 1. The van der Waals surface area contributed by atoms with Crippen LogP contribution in [0.25, 0.3) is 0 Å². The quantitative estimate of drug-likeness (QED) is 0.662. The van der Waals surface area contributed by atoms with Gasteiger partial charge >= 0.3 is 12.0 Å². The summed E-state index contributed by atoms with van der Waals surface area (Å²) in [5, 5.41) is 21.0. The number of amides is 2. The molecule has 17 heavy (non-hydrogen) atoms. The van der Waals surface area contributed by atoms with Gasteiger partial charge in [0.25, 0.3) is 0 Å². The number of urea groups is 1. The number of likely N-dealkylation sites (tertiary alicyclic amines) is 1. The molecule has 0 radical (unpaired) electrons. The topological polar surface area (TPSA) is 89.9 Å². The molecular weight excluding hydrogens is 224 g/mol. The predicted octanol–water partition coefficient (Wildman–Crippen LogP) is 0.263. The van der Waals surface area contributed by atoms with E-state index in [4.69, 9.17) is 5.11 Å². The second-order valence-corrected chi connectivity index (χ2v) is 4.93. The maximum Gasteiger partial charge on any atom is 0.317 e. The Labute approximate surface area is 101 Å². The second-order valence-electron chi connectivity index (χ2n) is 4.93. The summed E-state index contributed by atoms with van der Waals surface area (Å²) in [7, 11) is 0. The lowest BCUT2D eigenvalue weighted by Gasteiger charge is -2.19. The third-order valence-electron chi connectivity index (χ3n) is 3.01. The largest absolute Gasteiger partial charge is 0.481 e. The molecule has 3 N–H and O–H groups in total. The number of carbonyl (C=O) groups excluding carboxylic acids is 1. The van der Waals surface area contributed by atoms with Crippen LogP contribution in [0.4, 0.5) is 4.79 Å². The average Bonchev–Trinajstić information content (AvgIpc) is 2.58. The van der Waals surface area contributed by atoms with Crippen molar-refractivity contribution in [1.82, 2.24) is 10.2 Å². The van der Waals surface area contributed by atoms with Gasteiger partial charge in [0.1, 0.15) is 0 Å². The second kappa shape index (κ2) is 5.35. The molecule has 1 fully saturated rings. The summed E-state index contributed by atoms with van der Waals surface area (Å²) in [6, 6.07) is -0.236. The van der Waals surface area contributed by atoms with Crippen LogP contribution in [0.2, 0.25) is 0 Å². The molecule has 1 aliphatic heterocycles. The van der Waals surface area contributed by atoms with E-state index in [1.165, 1.54) is 0 Å². The minimum atomic E-state index is -0.858. The molecule has 0 aliphatic carbocycles. The van der Waals surface area contributed by atoms with Crippen LogP contribution < -0.4 is 5.32 Å². The lowest BCUT2D eigenvalue weighted by molar-refractivity contribution is -0.141. The van der Waals surface area contributed by atoms with E-state index in [1.54, 1.807) is 18.7 Å². The first-order valence-electron chi connectivity index (χ1n) is 5.80. The lowest BCUT2D eigenvalue weighted by atomic mass is 10.1. The molecule has 1 aliphatic rings. The molecule has 2 unspecified atom stereocenters. The van der Waals surface area contributed by atoms with E-state index >= 15 is 0 Å². The van der Waals surface area contributed by atoms with Gasteiger partial charge < -0.3 is 20.4 Å². The number of carboxylic acids is 1. The van der Waals surface area contributed by atoms with Crippen LogP contribution in [-0.4, -0.2) is 52.3 Å². The Morgan fingerprint density at radius 2 is 2.18 bits per heavy atom. The van der Waals surface area contributed by atoms with Gasteiger partial charge in [-0.05, 0) is 19.8 Å². The molecule has 2 amide bonds. The number of carboxylic acid groups (broad SMARTS) is 1.